The molecule has 0 spiro atoms. The fourth-order valence-electron chi connectivity index (χ4n) is 1.73. The van der Waals surface area contributed by atoms with Gasteiger partial charge in [0.15, 0.2) is 0 Å². The van der Waals surface area contributed by atoms with Gasteiger partial charge in [-0.3, -0.25) is 0 Å². The first kappa shape index (κ1) is 13.9. The van der Waals surface area contributed by atoms with Gasteiger partial charge in [0.25, 0.3) is 0 Å². The largest absolute Gasteiger partial charge is 0.308 e. The Bertz CT molecular complexity index is 533. The zero-order chi connectivity index (χ0) is 13.7. The maximum absolute atomic E-state index is 12.9. The molecule has 0 radical (unpaired) electrons. The maximum atomic E-state index is 12.9. The van der Waals surface area contributed by atoms with E-state index in [9.17, 15) is 4.39 Å². The fourth-order valence-corrected chi connectivity index (χ4v) is 2.55. The molecule has 2 aromatic rings. The molecule has 19 heavy (non-hydrogen) atoms. The Morgan fingerprint density at radius 3 is 2.84 bits per heavy atom. The van der Waals surface area contributed by atoms with Crippen molar-refractivity contribution in [1.82, 2.24) is 10.3 Å². The molecule has 0 bridgehead atoms. The van der Waals surface area contributed by atoms with Crippen LogP contribution in [0.2, 0.25) is 0 Å². The van der Waals surface area contributed by atoms with E-state index in [0.29, 0.717) is 6.04 Å². The second-order valence-corrected chi connectivity index (χ2v) is 5.32. The molecule has 1 heterocycles. The standard InChI is InChI=1S/C15H17FN2S/c1-3-4-11(2)17-9-14-10-19-15(18-14)12-5-7-13(16)8-6-12/h3,5-8,10-11,17H,1,4,9H2,2H3. The average Bonchev–Trinajstić information content (AvgIpc) is 2.86. The van der Waals surface area contributed by atoms with Crippen LogP contribution in [-0.4, -0.2) is 11.0 Å². The number of nitrogens with one attached hydrogen (secondary N) is 1. The van der Waals surface area contributed by atoms with E-state index in [0.717, 1.165) is 29.2 Å². The number of hydrogen-bond acceptors (Lipinski definition) is 3. The lowest BCUT2D eigenvalue weighted by atomic mass is 10.2. The number of halogens is 1. The summed E-state index contributed by atoms with van der Waals surface area (Å²) in [6.07, 6.45) is 2.84. The van der Waals surface area contributed by atoms with Crippen LogP contribution in [0.5, 0.6) is 0 Å². The number of thiazole rings is 1. The van der Waals surface area contributed by atoms with E-state index in [1.165, 1.54) is 12.1 Å². The molecule has 1 N–H and O–H groups in total. The second-order valence-electron chi connectivity index (χ2n) is 4.46. The minimum absolute atomic E-state index is 0.222. The van der Waals surface area contributed by atoms with Crippen molar-refractivity contribution in [2.75, 3.05) is 0 Å². The lowest BCUT2D eigenvalue weighted by Crippen LogP contribution is -2.24. The van der Waals surface area contributed by atoms with Crippen LogP contribution < -0.4 is 5.32 Å². The van der Waals surface area contributed by atoms with Crippen LogP contribution in [-0.2, 0) is 6.54 Å². The highest BCUT2D eigenvalue weighted by Crippen LogP contribution is 2.23. The van der Waals surface area contributed by atoms with Crippen molar-refractivity contribution in [3.63, 3.8) is 0 Å². The number of nitrogens with zero attached hydrogens (tertiary/aromatic N) is 1. The third-order valence-corrected chi connectivity index (χ3v) is 3.73. The van der Waals surface area contributed by atoms with Crippen LogP contribution in [0.25, 0.3) is 10.6 Å². The number of hydrogen-bond donors (Lipinski definition) is 1. The Kier molecular flexibility index (Phi) is 4.82. The van der Waals surface area contributed by atoms with Gasteiger partial charge in [-0.25, -0.2) is 9.37 Å². The van der Waals surface area contributed by atoms with Gasteiger partial charge in [-0.05, 0) is 37.6 Å². The van der Waals surface area contributed by atoms with Crippen molar-refractivity contribution in [3.05, 3.63) is 53.8 Å². The zero-order valence-corrected chi connectivity index (χ0v) is 11.7. The van der Waals surface area contributed by atoms with Gasteiger partial charge in [-0.2, -0.15) is 0 Å². The van der Waals surface area contributed by atoms with Gasteiger partial charge in [0.2, 0.25) is 0 Å². The molecule has 0 saturated heterocycles. The van der Waals surface area contributed by atoms with Gasteiger partial charge >= 0.3 is 0 Å². The summed E-state index contributed by atoms with van der Waals surface area (Å²) in [5.74, 6) is -0.222. The van der Waals surface area contributed by atoms with Crippen molar-refractivity contribution in [3.8, 4) is 10.6 Å². The molecular weight excluding hydrogens is 259 g/mol. The number of aromatic nitrogens is 1. The minimum Gasteiger partial charge on any atom is -0.308 e. The Morgan fingerprint density at radius 2 is 2.16 bits per heavy atom. The lowest BCUT2D eigenvalue weighted by molar-refractivity contribution is 0.549. The Morgan fingerprint density at radius 1 is 1.42 bits per heavy atom. The molecule has 1 aromatic heterocycles. The molecule has 1 atom stereocenters. The van der Waals surface area contributed by atoms with Gasteiger partial charge in [0, 0.05) is 23.5 Å². The summed E-state index contributed by atoms with van der Waals surface area (Å²) in [6, 6.07) is 6.83. The van der Waals surface area contributed by atoms with Crippen LogP contribution in [0.1, 0.15) is 19.0 Å². The predicted molar refractivity (Wildman–Crippen MR) is 78.6 cm³/mol. The van der Waals surface area contributed by atoms with Gasteiger partial charge in [-0.15, -0.1) is 17.9 Å². The van der Waals surface area contributed by atoms with Crippen molar-refractivity contribution < 1.29 is 4.39 Å². The predicted octanol–water partition coefficient (Wildman–Crippen LogP) is 4.00. The Labute approximate surface area is 117 Å². The summed E-state index contributed by atoms with van der Waals surface area (Å²) in [5, 5.41) is 6.34. The number of benzene rings is 1. The first-order chi connectivity index (χ1) is 9.19. The highest BCUT2D eigenvalue weighted by atomic mass is 32.1. The van der Waals surface area contributed by atoms with Crippen molar-refractivity contribution in [2.45, 2.75) is 25.9 Å². The molecule has 0 saturated carbocycles. The smallest absolute Gasteiger partial charge is 0.123 e. The van der Waals surface area contributed by atoms with Crippen LogP contribution >= 0.6 is 11.3 Å². The van der Waals surface area contributed by atoms with Crippen LogP contribution in [0.3, 0.4) is 0 Å². The molecule has 4 heteroatoms. The highest BCUT2D eigenvalue weighted by Gasteiger charge is 2.06. The Balaban J connectivity index is 1.99. The van der Waals surface area contributed by atoms with E-state index in [1.807, 2.05) is 11.5 Å². The second kappa shape index (κ2) is 6.59. The molecule has 2 rings (SSSR count). The monoisotopic (exact) mass is 276 g/mol. The summed E-state index contributed by atoms with van der Waals surface area (Å²) in [4.78, 5) is 4.55. The van der Waals surface area contributed by atoms with Gasteiger partial charge in [0.05, 0.1) is 5.69 Å². The first-order valence-electron chi connectivity index (χ1n) is 6.23. The summed E-state index contributed by atoms with van der Waals surface area (Å²) < 4.78 is 12.9. The summed E-state index contributed by atoms with van der Waals surface area (Å²) >= 11 is 1.58. The normalized spacial score (nSPS) is 12.3. The van der Waals surface area contributed by atoms with Crippen molar-refractivity contribution in [1.29, 1.82) is 0 Å². The van der Waals surface area contributed by atoms with Crippen LogP contribution in [0.15, 0.2) is 42.3 Å². The van der Waals surface area contributed by atoms with Crippen molar-refractivity contribution in [2.24, 2.45) is 0 Å². The highest BCUT2D eigenvalue weighted by molar-refractivity contribution is 7.13. The quantitative estimate of drug-likeness (QED) is 0.807. The van der Waals surface area contributed by atoms with E-state index >= 15 is 0 Å². The number of rotatable bonds is 6. The lowest BCUT2D eigenvalue weighted by Gasteiger charge is -2.09. The van der Waals surface area contributed by atoms with E-state index in [2.05, 4.69) is 23.8 Å². The van der Waals surface area contributed by atoms with E-state index in [4.69, 9.17) is 0 Å². The van der Waals surface area contributed by atoms with Gasteiger partial charge in [0.1, 0.15) is 10.8 Å². The molecule has 2 nitrogen and oxygen atoms in total. The molecule has 0 aliphatic heterocycles. The molecule has 0 aliphatic carbocycles. The molecular formula is C15H17FN2S. The molecule has 1 aromatic carbocycles. The fraction of sp³-hybridized carbons (Fsp3) is 0.267. The SMILES string of the molecule is C=CCC(C)NCc1csc(-c2ccc(F)cc2)n1. The first-order valence-corrected chi connectivity index (χ1v) is 7.11. The molecule has 0 aliphatic rings. The van der Waals surface area contributed by atoms with Crippen molar-refractivity contribution >= 4 is 11.3 Å². The molecule has 1 unspecified atom stereocenters. The molecule has 0 fully saturated rings. The third kappa shape index (κ3) is 3.98. The molecule has 0 amide bonds. The van der Waals surface area contributed by atoms with E-state index < -0.39 is 0 Å². The zero-order valence-electron chi connectivity index (χ0n) is 10.9. The van der Waals surface area contributed by atoms with E-state index in [1.54, 1.807) is 23.5 Å². The summed E-state index contributed by atoms with van der Waals surface area (Å²) in [6.45, 7) is 6.59. The summed E-state index contributed by atoms with van der Waals surface area (Å²) in [7, 11) is 0. The average molecular weight is 276 g/mol. The van der Waals surface area contributed by atoms with Crippen LogP contribution in [0.4, 0.5) is 4.39 Å². The molecule has 100 valence electrons. The minimum atomic E-state index is -0.222. The topological polar surface area (TPSA) is 24.9 Å². The summed E-state index contributed by atoms with van der Waals surface area (Å²) in [5.41, 5.74) is 1.97. The third-order valence-electron chi connectivity index (χ3n) is 2.79. The Hall–Kier alpha value is -1.52. The maximum Gasteiger partial charge on any atom is 0.123 e. The van der Waals surface area contributed by atoms with Crippen LogP contribution in [0, 0.1) is 5.82 Å². The van der Waals surface area contributed by atoms with Gasteiger partial charge in [-0.1, -0.05) is 6.08 Å². The van der Waals surface area contributed by atoms with E-state index in [-0.39, 0.29) is 5.82 Å². The van der Waals surface area contributed by atoms with Gasteiger partial charge < -0.3 is 5.32 Å².